The maximum absolute atomic E-state index is 12.7. The molecule has 0 radical (unpaired) electrons. The third-order valence-corrected chi connectivity index (χ3v) is 5.47. The second kappa shape index (κ2) is 9.26. The van der Waals surface area contributed by atoms with Crippen molar-refractivity contribution < 1.29 is 18.7 Å². The number of rotatable bonds is 8. The summed E-state index contributed by atoms with van der Waals surface area (Å²) in [6.07, 6.45) is 6.35. The first kappa shape index (κ1) is 19.0. The smallest absolute Gasteiger partial charge is 0.251 e. The zero-order valence-electron chi connectivity index (χ0n) is 16.1. The molecule has 1 aromatic heterocycles. The van der Waals surface area contributed by atoms with Crippen LogP contribution in [-0.4, -0.2) is 49.8 Å². The summed E-state index contributed by atoms with van der Waals surface area (Å²) in [7, 11) is 0. The zero-order valence-corrected chi connectivity index (χ0v) is 16.1. The van der Waals surface area contributed by atoms with Crippen LogP contribution in [0.15, 0.2) is 47.1 Å². The van der Waals surface area contributed by atoms with E-state index >= 15 is 0 Å². The molecular formula is C22H28N2O4. The van der Waals surface area contributed by atoms with Crippen LogP contribution >= 0.6 is 0 Å². The SMILES string of the molecule is O=C(NC[C@@H](c1ccco1)N1CCCC1)c1cccc(OC[C@H]2CCCO2)c1. The lowest BCUT2D eigenvalue weighted by molar-refractivity contribution is 0.0679. The maximum atomic E-state index is 12.7. The minimum absolute atomic E-state index is 0.0698. The molecule has 2 aliphatic rings. The third kappa shape index (κ3) is 4.75. The number of hydrogen-bond donors (Lipinski definition) is 1. The number of likely N-dealkylation sites (tertiary alicyclic amines) is 1. The summed E-state index contributed by atoms with van der Waals surface area (Å²) in [4.78, 5) is 15.1. The van der Waals surface area contributed by atoms with Crippen LogP contribution in [0, 0.1) is 0 Å². The van der Waals surface area contributed by atoms with Gasteiger partial charge < -0.3 is 19.2 Å². The van der Waals surface area contributed by atoms with Gasteiger partial charge in [-0.05, 0) is 69.1 Å². The van der Waals surface area contributed by atoms with E-state index in [1.54, 1.807) is 12.3 Å². The maximum Gasteiger partial charge on any atom is 0.251 e. The fourth-order valence-electron chi connectivity index (χ4n) is 3.93. The molecule has 2 fully saturated rings. The topological polar surface area (TPSA) is 63.9 Å². The minimum atomic E-state index is -0.0988. The van der Waals surface area contributed by atoms with Crippen molar-refractivity contribution in [3.8, 4) is 5.75 Å². The van der Waals surface area contributed by atoms with Crippen LogP contribution in [0.5, 0.6) is 5.75 Å². The van der Waals surface area contributed by atoms with E-state index in [9.17, 15) is 4.79 Å². The van der Waals surface area contributed by atoms with Gasteiger partial charge in [0.15, 0.2) is 0 Å². The number of carbonyl (C=O) groups excluding carboxylic acids is 1. The molecule has 0 unspecified atom stereocenters. The fourth-order valence-corrected chi connectivity index (χ4v) is 3.93. The molecule has 1 aromatic carbocycles. The van der Waals surface area contributed by atoms with E-state index in [1.165, 1.54) is 12.8 Å². The van der Waals surface area contributed by atoms with Crippen molar-refractivity contribution >= 4 is 5.91 Å². The molecule has 2 aliphatic heterocycles. The van der Waals surface area contributed by atoms with E-state index in [-0.39, 0.29) is 18.1 Å². The number of benzene rings is 1. The van der Waals surface area contributed by atoms with Crippen molar-refractivity contribution in [2.45, 2.75) is 37.8 Å². The van der Waals surface area contributed by atoms with Crippen molar-refractivity contribution in [3.63, 3.8) is 0 Å². The molecular weight excluding hydrogens is 356 g/mol. The Morgan fingerprint density at radius 1 is 1.21 bits per heavy atom. The normalized spacial score (nSPS) is 20.9. The van der Waals surface area contributed by atoms with Crippen LogP contribution in [0.1, 0.15) is 47.8 Å². The Labute approximate surface area is 165 Å². The second-order valence-corrected chi connectivity index (χ2v) is 7.46. The molecule has 1 N–H and O–H groups in total. The van der Waals surface area contributed by atoms with Gasteiger partial charge in [0, 0.05) is 18.7 Å². The van der Waals surface area contributed by atoms with Crippen LogP contribution in [0.25, 0.3) is 0 Å². The number of nitrogens with zero attached hydrogens (tertiary/aromatic N) is 1. The first-order valence-corrected chi connectivity index (χ1v) is 10.2. The Bertz CT molecular complexity index is 750. The lowest BCUT2D eigenvalue weighted by Crippen LogP contribution is -2.36. The Balaban J connectivity index is 1.35. The molecule has 2 atom stereocenters. The summed E-state index contributed by atoms with van der Waals surface area (Å²) >= 11 is 0. The van der Waals surface area contributed by atoms with Crippen LogP contribution in [-0.2, 0) is 4.74 Å². The quantitative estimate of drug-likeness (QED) is 0.756. The molecule has 0 saturated carbocycles. The minimum Gasteiger partial charge on any atom is -0.491 e. The number of amides is 1. The third-order valence-electron chi connectivity index (χ3n) is 5.47. The van der Waals surface area contributed by atoms with Crippen molar-refractivity contribution in [1.82, 2.24) is 10.2 Å². The van der Waals surface area contributed by atoms with Crippen molar-refractivity contribution in [3.05, 3.63) is 54.0 Å². The first-order chi connectivity index (χ1) is 13.8. The molecule has 6 heteroatoms. The van der Waals surface area contributed by atoms with Gasteiger partial charge in [-0.3, -0.25) is 9.69 Å². The average molecular weight is 384 g/mol. The predicted molar refractivity (Wildman–Crippen MR) is 106 cm³/mol. The van der Waals surface area contributed by atoms with Gasteiger partial charge in [0.25, 0.3) is 5.91 Å². The highest BCUT2D eigenvalue weighted by molar-refractivity contribution is 5.94. The fraction of sp³-hybridized carbons (Fsp3) is 0.500. The van der Waals surface area contributed by atoms with Gasteiger partial charge in [0.2, 0.25) is 0 Å². The van der Waals surface area contributed by atoms with Crippen LogP contribution in [0.2, 0.25) is 0 Å². The van der Waals surface area contributed by atoms with E-state index in [4.69, 9.17) is 13.9 Å². The Hall–Kier alpha value is -2.31. The molecule has 0 spiro atoms. The number of furan rings is 1. The van der Waals surface area contributed by atoms with Crippen LogP contribution in [0.4, 0.5) is 0 Å². The Kier molecular flexibility index (Phi) is 6.29. The highest BCUT2D eigenvalue weighted by atomic mass is 16.5. The molecule has 0 bridgehead atoms. The van der Waals surface area contributed by atoms with Crippen LogP contribution in [0.3, 0.4) is 0 Å². The van der Waals surface area contributed by atoms with Gasteiger partial charge in [0.05, 0.1) is 18.4 Å². The monoisotopic (exact) mass is 384 g/mol. The van der Waals surface area contributed by atoms with Crippen molar-refractivity contribution in [2.24, 2.45) is 0 Å². The lowest BCUT2D eigenvalue weighted by atomic mass is 10.1. The van der Waals surface area contributed by atoms with E-state index in [1.807, 2.05) is 30.3 Å². The summed E-state index contributed by atoms with van der Waals surface area (Å²) in [6.45, 7) is 3.93. The lowest BCUT2D eigenvalue weighted by Gasteiger charge is -2.26. The first-order valence-electron chi connectivity index (χ1n) is 10.2. The Morgan fingerprint density at radius 3 is 2.86 bits per heavy atom. The van der Waals surface area contributed by atoms with Gasteiger partial charge >= 0.3 is 0 Å². The summed E-state index contributed by atoms with van der Waals surface area (Å²) < 4.78 is 17.0. The number of nitrogens with one attached hydrogen (secondary N) is 1. The molecule has 150 valence electrons. The highest BCUT2D eigenvalue weighted by Gasteiger charge is 2.26. The summed E-state index contributed by atoms with van der Waals surface area (Å²) in [5, 5.41) is 3.07. The highest BCUT2D eigenvalue weighted by Crippen LogP contribution is 2.25. The number of ether oxygens (including phenoxy) is 2. The van der Waals surface area contributed by atoms with Crippen LogP contribution < -0.4 is 10.1 Å². The zero-order chi connectivity index (χ0) is 19.2. The second-order valence-electron chi connectivity index (χ2n) is 7.46. The van der Waals surface area contributed by atoms with Crippen molar-refractivity contribution in [1.29, 1.82) is 0 Å². The number of carbonyl (C=O) groups is 1. The average Bonchev–Trinajstić information content (AvgIpc) is 3.50. The molecule has 2 saturated heterocycles. The standard InChI is InChI=1S/C22H28N2O4/c25-22(17-6-3-7-18(14-17)28-16-19-8-4-12-26-19)23-15-20(21-9-5-13-27-21)24-10-1-2-11-24/h3,5-7,9,13-14,19-20H,1-2,4,8,10-12,15-16H2,(H,23,25)/t19-,20+/m1/s1. The predicted octanol–water partition coefficient (Wildman–Crippen LogP) is 3.40. The molecule has 1 amide bonds. The molecule has 28 heavy (non-hydrogen) atoms. The van der Waals surface area contributed by atoms with Gasteiger partial charge in [-0.1, -0.05) is 6.07 Å². The molecule has 0 aliphatic carbocycles. The molecule has 6 nitrogen and oxygen atoms in total. The van der Waals surface area contributed by atoms with E-state index in [2.05, 4.69) is 10.2 Å². The van der Waals surface area contributed by atoms with Crippen molar-refractivity contribution in [2.75, 3.05) is 32.8 Å². The molecule has 4 rings (SSSR count). The Morgan fingerprint density at radius 2 is 2.11 bits per heavy atom. The van der Waals surface area contributed by atoms with E-state index < -0.39 is 0 Å². The van der Waals surface area contributed by atoms with E-state index in [0.29, 0.717) is 24.5 Å². The molecule has 2 aromatic rings. The van der Waals surface area contributed by atoms with Gasteiger partial charge in [-0.25, -0.2) is 0 Å². The van der Waals surface area contributed by atoms with Gasteiger partial charge in [-0.2, -0.15) is 0 Å². The number of hydrogen-bond acceptors (Lipinski definition) is 5. The van der Waals surface area contributed by atoms with Gasteiger partial charge in [-0.15, -0.1) is 0 Å². The van der Waals surface area contributed by atoms with E-state index in [0.717, 1.165) is 38.3 Å². The molecule has 3 heterocycles. The summed E-state index contributed by atoms with van der Waals surface area (Å²) in [6, 6.07) is 11.3. The summed E-state index contributed by atoms with van der Waals surface area (Å²) in [5.41, 5.74) is 0.601. The largest absolute Gasteiger partial charge is 0.491 e. The van der Waals surface area contributed by atoms with Gasteiger partial charge in [0.1, 0.15) is 18.1 Å². The summed E-state index contributed by atoms with van der Waals surface area (Å²) in [5.74, 6) is 1.50.